The van der Waals surface area contributed by atoms with Gasteiger partial charge in [0.15, 0.2) is 11.5 Å². The summed E-state index contributed by atoms with van der Waals surface area (Å²) >= 11 is 3.38. The summed E-state index contributed by atoms with van der Waals surface area (Å²) in [6, 6.07) is 13.4. The Morgan fingerprint density at radius 2 is 1.75 bits per heavy atom. The van der Waals surface area contributed by atoms with Crippen LogP contribution in [0.5, 0.6) is 11.5 Å². The van der Waals surface area contributed by atoms with Crippen LogP contribution in [0.3, 0.4) is 0 Å². The highest BCUT2D eigenvalue weighted by molar-refractivity contribution is 9.10. The topological polar surface area (TPSA) is 59.6 Å². The van der Waals surface area contributed by atoms with E-state index in [0.717, 1.165) is 22.1 Å². The number of nitrogens with one attached hydrogen (secondary N) is 2. The Kier molecular flexibility index (Phi) is 6.93. The molecule has 0 saturated heterocycles. The maximum atomic E-state index is 11.9. The van der Waals surface area contributed by atoms with Crippen molar-refractivity contribution >= 4 is 27.5 Å². The number of ether oxygens (including phenoxy) is 2. The number of halogens is 1. The quantitative estimate of drug-likeness (QED) is 0.723. The molecule has 6 heteroatoms. The molecule has 24 heavy (non-hydrogen) atoms. The van der Waals surface area contributed by atoms with Gasteiger partial charge in [0, 0.05) is 16.7 Å². The SMILES string of the molecule is COc1ccc(CCNC(=O)CNc2ccc(Br)cc2)cc1OC. The first-order valence-corrected chi connectivity index (χ1v) is 8.38. The smallest absolute Gasteiger partial charge is 0.239 e. The molecule has 0 spiro atoms. The van der Waals surface area contributed by atoms with Crippen molar-refractivity contribution in [3.05, 3.63) is 52.5 Å². The van der Waals surface area contributed by atoms with Crippen molar-refractivity contribution in [2.45, 2.75) is 6.42 Å². The van der Waals surface area contributed by atoms with Crippen LogP contribution in [0, 0.1) is 0 Å². The molecule has 0 aliphatic carbocycles. The fourth-order valence-corrected chi connectivity index (χ4v) is 2.46. The summed E-state index contributed by atoms with van der Waals surface area (Å²) < 4.78 is 11.5. The van der Waals surface area contributed by atoms with Crippen molar-refractivity contribution in [2.75, 3.05) is 32.6 Å². The Morgan fingerprint density at radius 1 is 1.04 bits per heavy atom. The zero-order chi connectivity index (χ0) is 17.4. The second-order valence-electron chi connectivity index (χ2n) is 5.15. The number of rotatable bonds is 8. The molecule has 0 aromatic heterocycles. The summed E-state index contributed by atoms with van der Waals surface area (Å²) in [7, 11) is 3.22. The van der Waals surface area contributed by atoms with Gasteiger partial charge in [0.1, 0.15) is 0 Å². The molecule has 0 heterocycles. The van der Waals surface area contributed by atoms with Crippen LogP contribution >= 0.6 is 15.9 Å². The number of methoxy groups -OCH3 is 2. The summed E-state index contributed by atoms with van der Waals surface area (Å²) in [6.45, 7) is 0.809. The predicted molar refractivity (Wildman–Crippen MR) is 98.9 cm³/mol. The lowest BCUT2D eigenvalue weighted by molar-refractivity contribution is -0.119. The largest absolute Gasteiger partial charge is 0.493 e. The minimum atomic E-state index is -0.0432. The van der Waals surface area contributed by atoms with Gasteiger partial charge in [0.05, 0.1) is 20.8 Å². The highest BCUT2D eigenvalue weighted by Crippen LogP contribution is 2.27. The standard InChI is InChI=1S/C18H21BrN2O3/c1-23-16-8-3-13(11-17(16)24-2)9-10-20-18(22)12-21-15-6-4-14(19)5-7-15/h3-8,11,21H,9-10,12H2,1-2H3,(H,20,22). The van der Waals surface area contributed by atoms with Crippen molar-refractivity contribution in [2.24, 2.45) is 0 Å². The van der Waals surface area contributed by atoms with Gasteiger partial charge in [-0.15, -0.1) is 0 Å². The molecule has 2 aromatic rings. The van der Waals surface area contributed by atoms with Gasteiger partial charge >= 0.3 is 0 Å². The third kappa shape index (κ3) is 5.45. The van der Waals surface area contributed by atoms with Crippen LogP contribution in [0.15, 0.2) is 46.9 Å². The molecule has 2 rings (SSSR count). The number of anilines is 1. The number of carbonyl (C=O) groups is 1. The van der Waals surface area contributed by atoms with Gasteiger partial charge in [-0.1, -0.05) is 22.0 Å². The second kappa shape index (κ2) is 9.17. The van der Waals surface area contributed by atoms with E-state index in [0.29, 0.717) is 18.0 Å². The van der Waals surface area contributed by atoms with Crippen molar-refractivity contribution in [1.82, 2.24) is 5.32 Å². The molecule has 1 amide bonds. The second-order valence-corrected chi connectivity index (χ2v) is 6.07. The Balaban J connectivity index is 1.75. The van der Waals surface area contributed by atoms with Crippen LogP contribution < -0.4 is 20.1 Å². The summed E-state index contributed by atoms with van der Waals surface area (Å²) in [4.78, 5) is 11.9. The lowest BCUT2D eigenvalue weighted by Crippen LogP contribution is -2.31. The monoisotopic (exact) mass is 392 g/mol. The van der Waals surface area contributed by atoms with Gasteiger partial charge in [-0.05, 0) is 48.4 Å². The zero-order valence-electron chi connectivity index (χ0n) is 13.8. The molecule has 2 aromatic carbocycles. The summed E-state index contributed by atoms with van der Waals surface area (Å²) in [5.41, 5.74) is 1.99. The van der Waals surface area contributed by atoms with E-state index in [9.17, 15) is 4.79 Å². The summed E-state index contributed by atoms with van der Waals surface area (Å²) in [5, 5.41) is 5.98. The predicted octanol–water partition coefficient (Wildman–Crippen LogP) is 3.24. The number of hydrogen-bond acceptors (Lipinski definition) is 4. The highest BCUT2D eigenvalue weighted by Gasteiger charge is 2.05. The maximum Gasteiger partial charge on any atom is 0.239 e. The van der Waals surface area contributed by atoms with Crippen molar-refractivity contribution < 1.29 is 14.3 Å². The first-order chi connectivity index (χ1) is 11.6. The van der Waals surface area contributed by atoms with Crippen LogP contribution in [0.4, 0.5) is 5.69 Å². The van der Waals surface area contributed by atoms with Gasteiger partial charge < -0.3 is 20.1 Å². The van der Waals surface area contributed by atoms with E-state index in [-0.39, 0.29) is 12.5 Å². The van der Waals surface area contributed by atoms with Crippen LogP contribution in [0.2, 0.25) is 0 Å². The first-order valence-electron chi connectivity index (χ1n) is 7.59. The van der Waals surface area contributed by atoms with Gasteiger partial charge in [-0.2, -0.15) is 0 Å². The maximum absolute atomic E-state index is 11.9. The molecule has 0 bridgehead atoms. The van der Waals surface area contributed by atoms with Crippen LogP contribution in [-0.2, 0) is 11.2 Å². The van der Waals surface area contributed by atoms with E-state index in [1.807, 2.05) is 42.5 Å². The lowest BCUT2D eigenvalue weighted by atomic mass is 10.1. The fraction of sp³-hybridized carbons (Fsp3) is 0.278. The molecule has 128 valence electrons. The number of benzene rings is 2. The summed E-state index contributed by atoms with van der Waals surface area (Å²) in [5.74, 6) is 1.35. The normalized spacial score (nSPS) is 10.1. The van der Waals surface area contributed by atoms with E-state index in [4.69, 9.17) is 9.47 Å². The van der Waals surface area contributed by atoms with Gasteiger partial charge in [-0.3, -0.25) is 4.79 Å². The van der Waals surface area contributed by atoms with E-state index in [1.54, 1.807) is 14.2 Å². The first kappa shape index (κ1) is 18.1. The van der Waals surface area contributed by atoms with Gasteiger partial charge in [0.25, 0.3) is 0 Å². The average Bonchev–Trinajstić information content (AvgIpc) is 2.61. The van der Waals surface area contributed by atoms with Gasteiger partial charge in [-0.25, -0.2) is 0 Å². The van der Waals surface area contributed by atoms with Crippen molar-refractivity contribution in [3.63, 3.8) is 0 Å². The minimum absolute atomic E-state index is 0.0432. The van der Waals surface area contributed by atoms with E-state index in [2.05, 4.69) is 26.6 Å². The molecule has 5 nitrogen and oxygen atoms in total. The molecular weight excluding hydrogens is 372 g/mol. The van der Waals surface area contributed by atoms with Crippen LogP contribution in [-0.4, -0.2) is 33.2 Å². The minimum Gasteiger partial charge on any atom is -0.493 e. The third-order valence-electron chi connectivity index (χ3n) is 3.48. The molecule has 0 aliphatic rings. The highest BCUT2D eigenvalue weighted by atomic mass is 79.9. The fourth-order valence-electron chi connectivity index (χ4n) is 2.19. The number of carbonyl (C=O) groups excluding carboxylic acids is 1. The molecule has 0 atom stereocenters. The van der Waals surface area contributed by atoms with Crippen LogP contribution in [0.25, 0.3) is 0 Å². The van der Waals surface area contributed by atoms with Crippen LogP contribution in [0.1, 0.15) is 5.56 Å². The zero-order valence-corrected chi connectivity index (χ0v) is 15.4. The Labute approximate surface area is 150 Å². The Hall–Kier alpha value is -2.21. The molecule has 2 N–H and O–H groups in total. The molecule has 0 radical (unpaired) electrons. The molecular formula is C18H21BrN2O3. The molecule has 0 aliphatic heterocycles. The van der Waals surface area contributed by atoms with Crippen molar-refractivity contribution in [3.8, 4) is 11.5 Å². The molecule has 0 unspecified atom stereocenters. The van der Waals surface area contributed by atoms with Crippen molar-refractivity contribution in [1.29, 1.82) is 0 Å². The third-order valence-corrected chi connectivity index (χ3v) is 4.01. The Bertz CT molecular complexity index is 674. The van der Waals surface area contributed by atoms with E-state index < -0.39 is 0 Å². The Morgan fingerprint density at radius 3 is 2.42 bits per heavy atom. The average molecular weight is 393 g/mol. The molecule has 0 saturated carbocycles. The lowest BCUT2D eigenvalue weighted by Gasteiger charge is -2.10. The molecule has 0 fully saturated rings. The van der Waals surface area contributed by atoms with Gasteiger partial charge in [0.2, 0.25) is 5.91 Å². The number of amides is 1. The number of hydrogen-bond donors (Lipinski definition) is 2. The summed E-state index contributed by atoms with van der Waals surface area (Å²) in [6.07, 6.45) is 0.727. The van der Waals surface area contributed by atoms with E-state index >= 15 is 0 Å². The van der Waals surface area contributed by atoms with E-state index in [1.165, 1.54) is 0 Å².